The zero-order valence-corrected chi connectivity index (χ0v) is 21.2. The molecule has 0 saturated carbocycles. The van der Waals surface area contributed by atoms with Crippen molar-refractivity contribution in [2.45, 2.75) is 30.8 Å². The van der Waals surface area contributed by atoms with Gasteiger partial charge in [0.2, 0.25) is 0 Å². The number of benzene rings is 3. The Labute approximate surface area is 217 Å². The number of nitrogens with one attached hydrogen (secondary N) is 2. The molecular weight excluding hydrogens is 499 g/mol. The first-order valence-electron chi connectivity index (χ1n) is 11.2. The summed E-state index contributed by atoms with van der Waals surface area (Å²) in [4.78, 5) is 12.6. The van der Waals surface area contributed by atoms with Crippen molar-refractivity contribution in [2.75, 3.05) is 5.32 Å². The van der Waals surface area contributed by atoms with Crippen molar-refractivity contribution in [1.82, 2.24) is 20.2 Å². The van der Waals surface area contributed by atoms with Gasteiger partial charge in [0.15, 0.2) is 11.0 Å². The molecule has 1 amide bonds. The zero-order chi connectivity index (χ0) is 25.5. The summed E-state index contributed by atoms with van der Waals surface area (Å²) in [6.45, 7) is 4.18. The van der Waals surface area contributed by atoms with Crippen molar-refractivity contribution < 1.29 is 9.18 Å². The fourth-order valence-electron chi connectivity index (χ4n) is 3.35. The Kier molecular flexibility index (Phi) is 8.35. The molecule has 0 aliphatic heterocycles. The number of aryl methyl sites for hydroxylation is 1. The Morgan fingerprint density at radius 1 is 1.14 bits per heavy atom. The van der Waals surface area contributed by atoms with Crippen LogP contribution in [0.5, 0.6) is 0 Å². The molecule has 0 aliphatic rings. The van der Waals surface area contributed by atoms with E-state index in [1.165, 1.54) is 30.1 Å². The van der Waals surface area contributed by atoms with Gasteiger partial charge in [0, 0.05) is 16.4 Å². The lowest BCUT2D eigenvalue weighted by atomic mass is 10.2. The van der Waals surface area contributed by atoms with Gasteiger partial charge in [0.25, 0.3) is 5.91 Å². The van der Waals surface area contributed by atoms with Gasteiger partial charge < -0.3 is 5.32 Å². The number of hydrogen-bond acceptors (Lipinski definition) is 6. The summed E-state index contributed by atoms with van der Waals surface area (Å²) in [5, 5.41) is 16.9. The van der Waals surface area contributed by atoms with Crippen molar-refractivity contribution in [1.29, 1.82) is 0 Å². The van der Waals surface area contributed by atoms with E-state index in [1.54, 1.807) is 19.1 Å². The van der Waals surface area contributed by atoms with E-state index in [-0.39, 0.29) is 11.7 Å². The highest BCUT2D eigenvalue weighted by molar-refractivity contribution is 8.00. The van der Waals surface area contributed by atoms with Crippen molar-refractivity contribution in [3.05, 3.63) is 101 Å². The van der Waals surface area contributed by atoms with Crippen LogP contribution >= 0.6 is 23.4 Å². The zero-order valence-electron chi connectivity index (χ0n) is 19.7. The standard InChI is InChI=1S/C26H24ClFN6OS/c1-17-14-20(27)10-13-23(17)29-16-24-31-33-26(34(24)22-6-4-3-5-7-22)36-18(2)25(35)32-30-15-19-8-11-21(28)12-9-19/h3-15,18,29H,16H2,1-2H3,(H,32,35)/b30-15-/t18-/m0/s1. The molecule has 4 aromatic rings. The SMILES string of the molecule is Cc1cc(Cl)ccc1NCc1nnc(S[C@@H](C)C(=O)N/N=C\c2ccc(F)cc2)n1-c1ccccc1. The molecule has 184 valence electrons. The van der Waals surface area contributed by atoms with Crippen molar-refractivity contribution in [3.8, 4) is 5.69 Å². The lowest BCUT2D eigenvalue weighted by Gasteiger charge is -2.14. The summed E-state index contributed by atoms with van der Waals surface area (Å²) >= 11 is 7.35. The number of halogens is 2. The Hall–Kier alpha value is -3.69. The van der Waals surface area contributed by atoms with E-state index in [1.807, 2.05) is 60.0 Å². The second kappa shape index (κ2) is 11.8. The van der Waals surface area contributed by atoms with Crippen LogP contribution < -0.4 is 10.7 Å². The number of hydrazone groups is 1. The fraction of sp³-hybridized carbons (Fsp3) is 0.154. The van der Waals surface area contributed by atoms with Gasteiger partial charge in [-0.15, -0.1) is 10.2 Å². The summed E-state index contributed by atoms with van der Waals surface area (Å²) < 4.78 is 15.0. The lowest BCUT2D eigenvalue weighted by Crippen LogP contribution is -2.27. The number of thioether (sulfide) groups is 1. The maximum Gasteiger partial charge on any atom is 0.253 e. The van der Waals surface area contributed by atoms with Crippen LogP contribution in [0.4, 0.5) is 10.1 Å². The number of carbonyl (C=O) groups excluding carboxylic acids is 1. The summed E-state index contributed by atoms with van der Waals surface area (Å²) in [5.41, 5.74) is 6.05. The summed E-state index contributed by atoms with van der Waals surface area (Å²) in [7, 11) is 0. The Bertz CT molecular complexity index is 1360. The minimum atomic E-state index is -0.499. The van der Waals surface area contributed by atoms with Gasteiger partial charge in [-0.05, 0) is 67.4 Å². The molecule has 1 aromatic heterocycles. The molecular formula is C26H24ClFN6OS. The third-order valence-electron chi connectivity index (χ3n) is 5.25. The first-order chi connectivity index (χ1) is 17.4. The van der Waals surface area contributed by atoms with Gasteiger partial charge in [0.05, 0.1) is 18.0 Å². The average Bonchev–Trinajstić information content (AvgIpc) is 3.27. The predicted molar refractivity (Wildman–Crippen MR) is 142 cm³/mol. The van der Waals surface area contributed by atoms with E-state index in [0.717, 1.165) is 16.9 Å². The van der Waals surface area contributed by atoms with Crippen LogP contribution in [0.15, 0.2) is 83.1 Å². The number of nitrogens with zero attached hydrogens (tertiary/aromatic N) is 4. The van der Waals surface area contributed by atoms with Crippen molar-refractivity contribution >= 4 is 41.2 Å². The Balaban J connectivity index is 1.48. The largest absolute Gasteiger partial charge is 0.378 e. The van der Waals surface area contributed by atoms with Crippen LogP contribution in [0.2, 0.25) is 5.02 Å². The van der Waals surface area contributed by atoms with Crippen LogP contribution in [-0.2, 0) is 11.3 Å². The molecule has 1 atom stereocenters. The van der Waals surface area contributed by atoms with E-state index >= 15 is 0 Å². The second-order valence-corrected chi connectivity index (χ2v) is 9.67. The number of para-hydroxylation sites is 1. The number of hydrogen-bond donors (Lipinski definition) is 2. The molecule has 0 fully saturated rings. The number of rotatable bonds is 9. The maximum atomic E-state index is 13.0. The van der Waals surface area contributed by atoms with E-state index in [4.69, 9.17) is 11.6 Å². The van der Waals surface area contributed by atoms with Gasteiger partial charge >= 0.3 is 0 Å². The minimum absolute atomic E-state index is 0.294. The van der Waals surface area contributed by atoms with E-state index in [2.05, 4.69) is 26.0 Å². The van der Waals surface area contributed by atoms with Gasteiger partial charge in [0.1, 0.15) is 5.82 Å². The maximum absolute atomic E-state index is 13.0. The molecule has 1 heterocycles. The molecule has 0 saturated heterocycles. The normalized spacial score (nSPS) is 12.0. The highest BCUT2D eigenvalue weighted by Crippen LogP contribution is 2.27. The predicted octanol–water partition coefficient (Wildman–Crippen LogP) is 5.61. The van der Waals surface area contributed by atoms with Crippen LogP contribution in [0.3, 0.4) is 0 Å². The molecule has 3 aromatic carbocycles. The van der Waals surface area contributed by atoms with Crippen LogP contribution in [0.25, 0.3) is 5.69 Å². The molecule has 0 unspecified atom stereocenters. The first kappa shape index (κ1) is 25.4. The first-order valence-corrected chi connectivity index (χ1v) is 12.4. The number of anilines is 1. The van der Waals surface area contributed by atoms with Gasteiger partial charge in [-0.2, -0.15) is 5.10 Å². The quantitative estimate of drug-likeness (QED) is 0.169. The smallest absolute Gasteiger partial charge is 0.253 e. The van der Waals surface area contributed by atoms with E-state index in [0.29, 0.717) is 28.1 Å². The highest BCUT2D eigenvalue weighted by atomic mass is 35.5. The van der Waals surface area contributed by atoms with Crippen molar-refractivity contribution in [2.24, 2.45) is 5.10 Å². The van der Waals surface area contributed by atoms with Crippen LogP contribution in [-0.4, -0.2) is 32.1 Å². The van der Waals surface area contributed by atoms with Crippen molar-refractivity contribution in [3.63, 3.8) is 0 Å². The van der Waals surface area contributed by atoms with Gasteiger partial charge in [-0.25, -0.2) is 9.82 Å². The molecule has 7 nitrogen and oxygen atoms in total. The van der Waals surface area contributed by atoms with Crippen LogP contribution in [0.1, 0.15) is 23.9 Å². The third-order valence-corrected chi connectivity index (χ3v) is 6.53. The number of carbonyl (C=O) groups is 1. The molecule has 0 spiro atoms. The van der Waals surface area contributed by atoms with E-state index < -0.39 is 5.25 Å². The molecule has 36 heavy (non-hydrogen) atoms. The molecule has 0 aliphatic carbocycles. The molecule has 0 bridgehead atoms. The molecule has 4 rings (SSSR count). The molecule has 10 heteroatoms. The van der Waals surface area contributed by atoms with Crippen LogP contribution in [0, 0.1) is 12.7 Å². The minimum Gasteiger partial charge on any atom is -0.378 e. The number of aromatic nitrogens is 3. The van der Waals surface area contributed by atoms with Gasteiger partial charge in [-0.1, -0.05) is 53.7 Å². The topological polar surface area (TPSA) is 84.2 Å². The third kappa shape index (κ3) is 6.50. The second-order valence-electron chi connectivity index (χ2n) is 7.93. The monoisotopic (exact) mass is 522 g/mol. The van der Waals surface area contributed by atoms with E-state index in [9.17, 15) is 9.18 Å². The summed E-state index contributed by atoms with van der Waals surface area (Å²) in [5.74, 6) is 0.0685. The number of amides is 1. The fourth-order valence-corrected chi connectivity index (χ4v) is 4.46. The lowest BCUT2D eigenvalue weighted by molar-refractivity contribution is -0.120. The summed E-state index contributed by atoms with van der Waals surface area (Å²) in [6.07, 6.45) is 1.46. The van der Waals surface area contributed by atoms with Gasteiger partial charge in [-0.3, -0.25) is 9.36 Å². The Morgan fingerprint density at radius 3 is 2.61 bits per heavy atom. The highest BCUT2D eigenvalue weighted by Gasteiger charge is 2.21. The average molecular weight is 523 g/mol. The summed E-state index contributed by atoms with van der Waals surface area (Å²) in [6, 6.07) is 21.2. The Morgan fingerprint density at radius 2 is 1.89 bits per heavy atom. The molecule has 0 radical (unpaired) electrons. The molecule has 2 N–H and O–H groups in total.